The van der Waals surface area contributed by atoms with Crippen molar-refractivity contribution in [2.45, 2.75) is 12.8 Å². The molecule has 2 rings (SSSR count). The maximum absolute atomic E-state index is 11.6. The molecule has 0 saturated carbocycles. The fraction of sp³-hybridized carbons (Fsp3) is 0.364. The minimum absolute atomic E-state index is 0.0751. The summed E-state index contributed by atoms with van der Waals surface area (Å²) in [6.45, 7) is 1.76. The predicted molar refractivity (Wildman–Crippen MR) is 56.9 cm³/mol. The van der Waals surface area contributed by atoms with E-state index in [2.05, 4.69) is 9.97 Å². The lowest BCUT2D eigenvalue weighted by atomic mass is 10.3. The van der Waals surface area contributed by atoms with Crippen LogP contribution in [0.15, 0.2) is 24.7 Å². The van der Waals surface area contributed by atoms with Crippen LogP contribution in [-0.2, 0) is 4.79 Å². The molecule has 1 fully saturated rings. The summed E-state index contributed by atoms with van der Waals surface area (Å²) in [5, 5.41) is 0. The number of amides is 1. The molecule has 1 saturated heterocycles. The molecule has 1 amide bonds. The average molecular weight is 203 g/mol. The molecule has 1 aromatic heterocycles. The highest BCUT2D eigenvalue weighted by atomic mass is 16.2. The summed E-state index contributed by atoms with van der Waals surface area (Å²) in [5.74, 6) is 0.0751. The molecule has 0 spiro atoms. The maximum Gasteiger partial charge on any atom is 0.246 e. The molecule has 2 heterocycles. The van der Waals surface area contributed by atoms with Gasteiger partial charge in [0.1, 0.15) is 6.33 Å². The number of hydrogen-bond donors (Lipinski definition) is 0. The molecule has 1 aromatic rings. The SMILES string of the molecule is O=C(/C=C/c1ccncn1)N1CCCC1. The quantitative estimate of drug-likeness (QED) is 0.676. The van der Waals surface area contributed by atoms with Crippen LogP contribution in [0, 0.1) is 0 Å². The Morgan fingerprint density at radius 3 is 2.87 bits per heavy atom. The third-order valence-electron chi connectivity index (χ3n) is 2.42. The number of likely N-dealkylation sites (tertiary alicyclic amines) is 1. The van der Waals surface area contributed by atoms with Crippen LogP contribution in [-0.4, -0.2) is 33.9 Å². The normalized spacial score (nSPS) is 16.1. The summed E-state index contributed by atoms with van der Waals surface area (Å²) in [6.07, 6.45) is 8.67. The molecule has 0 N–H and O–H groups in total. The van der Waals surface area contributed by atoms with E-state index in [-0.39, 0.29) is 5.91 Å². The molecular weight excluding hydrogens is 190 g/mol. The van der Waals surface area contributed by atoms with Crippen molar-refractivity contribution in [1.29, 1.82) is 0 Å². The third kappa shape index (κ3) is 2.62. The second-order valence-electron chi connectivity index (χ2n) is 3.50. The standard InChI is InChI=1S/C11H13N3O/c15-11(14-7-1-2-8-14)4-3-10-5-6-12-9-13-10/h3-6,9H,1-2,7-8H2/b4-3+. The molecule has 0 atom stereocenters. The molecule has 4 heteroatoms. The zero-order valence-corrected chi connectivity index (χ0v) is 8.47. The Bertz CT molecular complexity index is 355. The van der Waals surface area contributed by atoms with Gasteiger partial charge in [0.25, 0.3) is 0 Å². The number of nitrogens with zero attached hydrogens (tertiary/aromatic N) is 3. The van der Waals surface area contributed by atoms with Crippen LogP contribution in [0.4, 0.5) is 0 Å². The minimum atomic E-state index is 0.0751. The van der Waals surface area contributed by atoms with Gasteiger partial charge in [0.15, 0.2) is 0 Å². The fourth-order valence-corrected chi connectivity index (χ4v) is 1.60. The third-order valence-corrected chi connectivity index (χ3v) is 2.42. The van der Waals surface area contributed by atoms with Crippen LogP contribution >= 0.6 is 0 Å². The molecule has 4 nitrogen and oxygen atoms in total. The van der Waals surface area contributed by atoms with Gasteiger partial charge in [-0.1, -0.05) is 0 Å². The molecule has 0 unspecified atom stereocenters. The van der Waals surface area contributed by atoms with Crippen LogP contribution in [0.5, 0.6) is 0 Å². The minimum Gasteiger partial charge on any atom is -0.339 e. The monoisotopic (exact) mass is 203 g/mol. The first-order valence-electron chi connectivity index (χ1n) is 5.09. The Hall–Kier alpha value is -1.71. The van der Waals surface area contributed by atoms with Crippen LogP contribution in [0.3, 0.4) is 0 Å². The highest BCUT2D eigenvalue weighted by Gasteiger charge is 2.14. The highest BCUT2D eigenvalue weighted by Crippen LogP contribution is 2.08. The van der Waals surface area contributed by atoms with Crippen LogP contribution < -0.4 is 0 Å². The molecule has 0 aliphatic carbocycles. The molecular formula is C11H13N3O. The van der Waals surface area contributed by atoms with Crippen LogP contribution in [0.1, 0.15) is 18.5 Å². The Morgan fingerprint density at radius 2 is 2.20 bits per heavy atom. The van der Waals surface area contributed by atoms with Crippen molar-refractivity contribution in [3.8, 4) is 0 Å². The van der Waals surface area contributed by atoms with E-state index >= 15 is 0 Å². The van der Waals surface area contributed by atoms with E-state index < -0.39 is 0 Å². The molecule has 15 heavy (non-hydrogen) atoms. The van der Waals surface area contributed by atoms with Crippen molar-refractivity contribution in [2.75, 3.05) is 13.1 Å². The van der Waals surface area contributed by atoms with Crippen molar-refractivity contribution in [3.05, 3.63) is 30.4 Å². The summed E-state index contributed by atoms with van der Waals surface area (Å²) >= 11 is 0. The van der Waals surface area contributed by atoms with Gasteiger partial charge in [0, 0.05) is 25.4 Å². The molecule has 0 bridgehead atoms. The fourth-order valence-electron chi connectivity index (χ4n) is 1.60. The highest BCUT2D eigenvalue weighted by molar-refractivity contribution is 5.91. The summed E-state index contributed by atoms with van der Waals surface area (Å²) in [5.41, 5.74) is 0.762. The number of aromatic nitrogens is 2. The van der Waals surface area contributed by atoms with Gasteiger partial charge in [-0.3, -0.25) is 4.79 Å². The summed E-state index contributed by atoms with van der Waals surface area (Å²) < 4.78 is 0. The molecule has 1 aliphatic rings. The first-order chi connectivity index (χ1) is 7.36. The smallest absolute Gasteiger partial charge is 0.246 e. The Kier molecular flexibility index (Phi) is 3.07. The topological polar surface area (TPSA) is 46.1 Å². The average Bonchev–Trinajstić information content (AvgIpc) is 2.81. The lowest BCUT2D eigenvalue weighted by Gasteiger charge is -2.11. The van der Waals surface area contributed by atoms with E-state index in [1.54, 1.807) is 24.4 Å². The van der Waals surface area contributed by atoms with Gasteiger partial charge in [0.05, 0.1) is 5.69 Å². The van der Waals surface area contributed by atoms with Gasteiger partial charge < -0.3 is 4.90 Å². The van der Waals surface area contributed by atoms with Crippen LogP contribution in [0.2, 0.25) is 0 Å². The number of carbonyl (C=O) groups excluding carboxylic acids is 1. The van der Waals surface area contributed by atoms with E-state index in [0.29, 0.717) is 0 Å². The predicted octanol–water partition coefficient (Wildman–Crippen LogP) is 1.11. The van der Waals surface area contributed by atoms with Gasteiger partial charge in [-0.05, 0) is 25.0 Å². The van der Waals surface area contributed by atoms with Gasteiger partial charge in [-0.15, -0.1) is 0 Å². The molecule has 1 aliphatic heterocycles. The lowest BCUT2D eigenvalue weighted by molar-refractivity contribution is -0.124. The van der Waals surface area contributed by atoms with Crippen molar-refractivity contribution < 1.29 is 4.79 Å². The molecule has 0 aromatic carbocycles. The Balaban J connectivity index is 1.96. The lowest BCUT2D eigenvalue weighted by Crippen LogP contribution is -2.25. The van der Waals surface area contributed by atoms with Gasteiger partial charge >= 0.3 is 0 Å². The molecule has 0 radical (unpaired) electrons. The zero-order chi connectivity index (χ0) is 10.5. The summed E-state index contributed by atoms with van der Waals surface area (Å²) in [4.78, 5) is 21.3. The first-order valence-corrected chi connectivity index (χ1v) is 5.09. The summed E-state index contributed by atoms with van der Waals surface area (Å²) in [6, 6.07) is 1.77. The van der Waals surface area contributed by atoms with Gasteiger partial charge in [-0.2, -0.15) is 0 Å². The van der Waals surface area contributed by atoms with E-state index in [0.717, 1.165) is 31.6 Å². The van der Waals surface area contributed by atoms with Crippen LogP contribution in [0.25, 0.3) is 6.08 Å². The summed E-state index contributed by atoms with van der Waals surface area (Å²) in [7, 11) is 0. The van der Waals surface area contributed by atoms with Crippen molar-refractivity contribution in [3.63, 3.8) is 0 Å². The van der Waals surface area contributed by atoms with E-state index in [9.17, 15) is 4.79 Å². The second kappa shape index (κ2) is 4.68. The van der Waals surface area contributed by atoms with Crippen molar-refractivity contribution in [2.24, 2.45) is 0 Å². The van der Waals surface area contributed by atoms with E-state index in [4.69, 9.17) is 0 Å². The number of carbonyl (C=O) groups is 1. The van der Waals surface area contributed by atoms with E-state index in [1.807, 2.05) is 4.90 Å². The maximum atomic E-state index is 11.6. The van der Waals surface area contributed by atoms with Gasteiger partial charge in [-0.25, -0.2) is 9.97 Å². The largest absolute Gasteiger partial charge is 0.339 e. The first kappa shape index (κ1) is 9.83. The Labute approximate surface area is 88.7 Å². The zero-order valence-electron chi connectivity index (χ0n) is 8.47. The van der Waals surface area contributed by atoms with E-state index in [1.165, 1.54) is 6.33 Å². The second-order valence-corrected chi connectivity index (χ2v) is 3.50. The van der Waals surface area contributed by atoms with Crippen molar-refractivity contribution >= 4 is 12.0 Å². The number of hydrogen-bond acceptors (Lipinski definition) is 3. The molecule has 78 valence electrons. The van der Waals surface area contributed by atoms with Crippen molar-refractivity contribution in [1.82, 2.24) is 14.9 Å². The van der Waals surface area contributed by atoms with Gasteiger partial charge in [0.2, 0.25) is 5.91 Å². The number of rotatable bonds is 2. The Morgan fingerprint density at radius 1 is 1.40 bits per heavy atom.